The molecule has 0 radical (unpaired) electrons. The number of sulfonamides is 1. The number of hydrogen-bond donors (Lipinski definition) is 1. The second-order valence-electron chi connectivity index (χ2n) is 6.65. The number of nitrogens with one attached hydrogen (secondary N) is 1. The fourth-order valence-corrected chi connectivity index (χ4v) is 4.65. The summed E-state index contributed by atoms with van der Waals surface area (Å²) >= 11 is 0. The monoisotopic (exact) mass is 404 g/mol. The van der Waals surface area contributed by atoms with Crippen LogP contribution >= 0.6 is 0 Å². The predicted octanol–water partition coefficient (Wildman–Crippen LogP) is 2.59. The molecule has 28 heavy (non-hydrogen) atoms. The number of benzene rings is 2. The van der Waals surface area contributed by atoms with Crippen molar-refractivity contribution in [2.24, 2.45) is 0 Å². The van der Waals surface area contributed by atoms with Crippen LogP contribution in [-0.4, -0.2) is 52.0 Å². The second kappa shape index (κ2) is 8.30. The van der Waals surface area contributed by atoms with E-state index in [1.807, 2.05) is 26.0 Å². The SMILES string of the molecule is COc1ccc(NC(=O)c2cc(C)ccc2C)cc1S(=O)(=O)N1CCOCC1. The van der Waals surface area contributed by atoms with Crippen molar-refractivity contribution in [1.29, 1.82) is 0 Å². The van der Waals surface area contributed by atoms with Crippen molar-refractivity contribution in [3.8, 4) is 5.75 Å². The van der Waals surface area contributed by atoms with Gasteiger partial charge in [0, 0.05) is 24.3 Å². The summed E-state index contributed by atoms with van der Waals surface area (Å²) in [7, 11) is -2.35. The normalized spacial score (nSPS) is 15.2. The topological polar surface area (TPSA) is 84.9 Å². The quantitative estimate of drug-likeness (QED) is 0.828. The Morgan fingerprint density at radius 2 is 1.82 bits per heavy atom. The van der Waals surface area contributed by atoms with E-state index in [9.17, 15) is 13.2 Å². The highest BCUT2D eigenvalue weighted by molar-refractivity contribution is 7.89. The van der Waals surface area contributed by atoms with Crippen molar-refractivity contribution in [3.05, 3.63) is 53.1 Å². The molecule has 1 aliphatic heterocycles. The molecule has 1 N–H and O–H groups in total. The Hall–Kier alpha value is -2.42. The van der Waals surface area contributed by atoms with Gasteiger partial charge in [-0.15, -0.1) is 0 Å². The van der Waals surface area contributed by atoms with Crippen LogP contribution in [0, 0.1) is 13.8 Å². The van der Waals surface area contributed by atoms with Gasteiger partial charge >= 0.3 is 0 Å². The largest absolute Gasteiger partial charge is 0.495 e. The highest BCUT2D eigenvalue weighted by Gasteiger charge is 2.29. The molecule has 8 heteroatoms. The van der Waals surface area contributed by atoms with Crippen LogP contribution in [0.1, 0.15) is 21.5 Å². The predicted molar refractivity (Wildman–Crippen MR) is 106 cm³/mol. The zero-order valence-corrected chi connectivity index (χ0v) is 17.0. The second-order valence-corrected chi connectivity index (χ2v) is 8.56. The number of aryl methyl sites for hydroxylation is 2. The van der Waals surface area contributed by atoms with E-state index in [2.05, 4.69) is 5.32 Å². The van der Waals surface area contributed by atoms with E-state index in [1.54, 1.807) is 18.2 Å². The number of anilines is 1. The number of carbonyl (C=O) groups excluding carboxylic acids is 1. The molecular weight excluding hydrogens is 380 g/mol. The van der Waals surface area contributed by atoms with Gasteiger partial charge < -0.3 is 14.8 Å². The smallest absolute Gasteiger partial charge is 0.255 e. The van der Waals surface area contributed by atoms with E-state index in [0.717, 1.165) is 11.1 Å². The number of carbonyl (C=O) groups is 1. The third-order valence-electron chi connectivity index (χ3n) is 4.65. The van der Waals surface area contributed by atoms with E-state index in [4.69, 9.17) is 9.47 Å². The van der Waals surface area contributed by atoms with Crippen LogP contribution in [-0.2, 0) is 14.8 Å². The number of nitrogens with zero attached hydrogens (tertiary/aromatic N) is 1. The molecule has 0 aromatic heterocycles. The molecule has 1 aliphatic rings. The van der Waals surface area contributed by atoms with Gasteiger partial charge in [-0.1, -0.05) is 17.7 Å². The molecule has 1 saturated heterocycles. The van der Waals surface area contributed by atoms with Crippen molar-refractivity contribution in [3.63, 3.8) is 0 Å². The van der Waals surface area contributed by atoms with Gasteiger partial charge in [-0.3, -0.25) is 4.79 Å². The molecule has 0 saturated carbocycles. The van der Waals surface area contributed by atoms with E-state index in [1.165, 1.54) is 17.5 Å². The average Bonchev–Trinajstić information content (AvgIpc) is 2.70. The third kappa shape index (κ3) is 4.19. The summed E-state index contributed by atoms with van der Waals surface area (Å²) in [6.07, 6.45) is 0. The number of rotatable bonds is 5. The van der Waals surface area contributed by atoms with Gasteiger partial charge in [0.15, 0.2) is 0 Å². The minimum Gasteiger partial charge on any atom is -0.495 e. The molecule has 2 aromatic carbocycles. The summed E-state index contributed by atoms with van der Waals surface area (Å²) < 4.78 is 38.0. The highest BCUT2D eigenvalue weighted by Crippen LogP contribution is 2.30. The molecule has 1 fully saturated rings. The zero-order valence-electron chi connectivity index (χ0n) is 16.2. The van der Waals surface area contributed by atoms with Gasteiger partial charge in [-0.05, 0) is 43.7 Å². The molecule has 0 bridgehead atoms. The number of methoxy groups -OCH3 is 1. The molecule has 0 atom stereocenters. The van der Waals surface area contributed by atoms with Crippen molar-refractivity contribution in [1.82, 2.24) is 4.31 Å². The lowest BCUT2D eigenvalue weighted by molar-refractivity contribution is 0.0729. The van der Waals surface area contributed by atoms with Crippen LogP contribution in [0.15, 0.2) is 41.3 Å². The first kappa shape index (κ1) is 20.3. The summed E-state index contributed by atoms with van der Waals surface area (Å²) in [6, 6.07) is 10.2. The molecular formula is C20H24N2O5S. The van der Waals surface area contributed by atoms with E-state index in [-0.39, 0.29) is 29.6 Å². The summed E-state index contributed by atoms with van der Waals surface area (Å²) in [5.41, 5.74) is 2.76. The van der Waals surface area contributed by atoms with Gasteiger partial charge in [-0.2, -0.15) is 4.31 Å². The zero-order chi connectivity index (χ0) is 20.3. The number of ether oxygens (including phenoxy) is 2. The van der Waals surface area contributed by atoms with Crippen molar-refractivity contribution in [2.75, 3.05) is 38.7 Å². The van der Waals surface area contributed by atoms with Crippen molar-refractivity contribution < 1.29 is 22.7 Å². The molecule has 0 spiro atoms. The summed E-state index contributed by atoms with van der Waals surface area (Å²) in [6.45, 7) is 5.04. The van der Waals surface area contributed by atoms with Crippen LogP contribution in [0.5, 0.6) is 5.75 Å². The van der Waals surface area contributed by atoms with E-state index >= 15 is 0 Å². The maximum Gasteiger partial charge on any atom is 0.255 e. The summed E-state index contributed by atoms with van der Waals surface area (Å²) in [5, 5.41) is 2.79. The Morgan fingerprint density at radius 1 is 1.11 bits per heavy atom. The molecule has 0 unspecified atom stereocenters. The van der Waals surface area contributed by atoms with Crippen LogP contribution in [0.2, 0.25) is 0 Å². The minimum absolute atomic E-state index is 0.0238. The third-order valence-corrected chi connectivity index (χ3v) is 6.57. The summed E-state index contributed by atoms with van der Waals surface area (Å²) in [5.74, 6) is -0.0580. The lowest BCUT2D eigenvalue weighted by Crippen LogP contribution is -2.40. The Labute approximate surface area is 165 Å². The van der Waals surface area contributed by atoms with Gasteiger partial charge in [0.05, 0.1) is 20.3 Å². The van der Waals surface area contributed by atoms with Gasteiger partial charge in [0.2, 0.25) is 10.0 Å². The first-order valence-corrected chi connectivity index (χ1v) is 10.4. The number of morpholine rings is 1. The maximum absolute atomic E-state index is 13.1. The molecule has 1 amide bonds. The Morgan fingerprint density at radius 3 is 2.50 bits per heavy atom. The molecule has 1 heterocycles. The van der Waals surface area contributed by atoms with Crippen LogP contribution < -0.4 is 10.1 Å². The fraction of sp³-hybridized carbons (Fsp3) is 0.350. The molecule has 7 nitrogen and oxygen atoms in total. The van der Waals surface area contributed by atoms with E-state index in [0.29, 0.717) is 24.5 Å². The molecule has 150 valence electrons. The standard InChI is InChI=1S/C20H24N2O5S/c1-14-4-5-15(2)17(12-14)20(23)21-16-6-7-18(26-3)19(13-16)28(24,25)22-8-10-27-11-9-22/h4-7,12-13H,8-11H2,1-3H3,(H,21,23). The summed E-state index contributed by atoms with van der Waals surface area (Å²) in [4.78, 5) is 12.7. The molecule has 2 aromatic rings. The highest BCUT2D eigenvalue weighted by atomic mass is 32.2. The maximum atomic E-state index is 13.1. The number of hydrogen-bond acceptors (Lipinski definition) is 5. The lowest BCUT2D eigenvalue weighted by Gasteiger charge is -2.26. The van der Waals surface area contributed by atoms with Crippen molar-refractivity contribution in [2.45, 2.75) is 18.7 Å². The van der Waals surface area contributed by atoms with Crippen molar-refractivity contribution >= 4 is 21.6 Å². The van der Waals surface area contributed by atoms with Crippen LogP contribution in [0.25, 0.3) is 0 Å². The van der Waals surface area contributed by atoms with Gasteiger partial charge in [0.25, 0.3) is 5.91 Å². The fourth-order valence-electron chi connectivity index (χ4n) is 3.06. The first-order valence-electron chi connectivity index (χ1n) is 8.97. The molecule has 0 aliphatic carbocycles. The van der Waals surface area contributed by atoms with E-state index < -0.39 is 10.0 Å². The minimum atomic E-state index is -3.77. The number of amides is 1. The Bertz CT molecular complexity index is 982. The lowest BCUT2D eigenvalue weighted by atomic mass is 10.1. The van der Waals surface area contributed by atoms with Crippen LogP contribution in [0.4, 0.5) is 5.69 Å². The Balaban J connectivity index is 1.92. The molecule has 3 rings (SSSR count). The van der Waals surface area contributed by atoms with Crippen LogP contribution in [0.3, 0.4) is 0 Å². The van der Waals surface area contributed by atoms with Gasteiger partial charge in [0.1, 0.15) is 10.6 Å². The first-order chi connectivity index (χ1) is 13.3. The van der Waals surface area contributed by atoms with Gasteiger partial charge in [-0.25, -0.2) is 8.42 Å². The Kier molecular flexibility index (Phi) is 6.02. The average molecular weight is 404 g/mol.